The van der Waals surface area contributed by atoms with E-state index in [4.69, 9.17) is 0 Å². The first kappa shape index (κ1) is 21.7. The van der Waals surface area contributed by atoms with E-state index in [0.717, 1.165) is 27.8 Å². The molecule has 29 heavy (non-hydrogen) atoms. The lowest BCUT2D eigenvalue weighted by molar-refractivity contribution is -0.249. The zero-order valence-corrected chi connectivity index (χ0v) is 17.5. The Balaban J connectivity index is 2.15. The highest BCUT2D eigenvalue weighted by Gasteiger charge is 2.59. The Morgan fingerprint density at radius 3 is 2.38 bits per heavy atom. The maximum absolute atomic E-state index is 14.3. The van der Waals surface area contributed by atoms with E-state index in [1.807, 2.05) is 0 Å². The van der Waals surface area contributed by atoms with Crippen molar-refractivity contribution in [3.8, 4) is 0 Å². The van der Waals surface area contributed by atoms with Crippen molar-refractivity contribution in [3.05, 3.63) is 57.8 Å². The quantitative estimate of drug-likeness (QED) is 0.658. The first-order valence-electron chi connectivity index (χ1n) is 8.15. The molecule has 5 nitrogen and oxygen atoms in total. The van der Waals surface area contributed by atoms with Crippen molar-refractivity contribution in [2.24, 2.45) is 4.99 Å². The van der Waals surface area contributed by atoms with Gasteiger partial charge in [-0.05, 0) is 42.8 Å². The van der Waals surface area contributed by atoms with E-state index in [2.05, 4.69) is 20.9 Å². The van der Waals surface area contributed by atoms with Crippen LogP contribution in [0.1, 0.15) is 11.1 Å². The van der Waals surface area contributed by atoms with E-state index in [9.17, 15) is 31.1 Å². The SMILES string of the molecule is Cc1cc(C2=NC(O)(C(F)(F)F)CN2c2ccc(S(C)(=O)=O)c(F)c2)ccc1Br. The van der Waals surface area contributed by atoms with Crippen LogP contribution in [0.2, 0.25) is 0 Å². The van der Waals surface area contributed by atoms with Crippen LogP contribution in [0, 0.1) is 12.7 Å². The molecule has 1 aliphatic rings. The van der Waals surface area contributed by atoms with Gasteiger partial charge in [-0.15, -0.1) is 0 Å². The average molecular weight is 495 g/mol. The van der Waals surface area contributed by atoms with Crippen LogP contribution in [0.4, 0.5) is 23.2 Å². The molecule has 0 saturated carbocycles. The van der Waals surface area contributed by atoms with E-state index in [-0.39, 0.29) is 17.1 Å². The molecule has 2 aromatic rings. The minimum absolute atomic E-state index is 0.0746. The summed E-state index contributed by atoms with van der Waals surface area (Å²) in [6.07, 6.45) is -4.25. The smallest absolute Gasteiger partial charge is 0.361 e. The highest BCUT2D eigenvalue weighted by Crippen LogP contribution is 2.39. The largest absolute Gasteiger partial charge is 0.440 e. The number of alkyl halides is 3. The predicted octanol–water partition coefficient (Wildman–Crippen LogP) is 3.82. The molecule has 0 aliphatic carbocycles. The third kappa shape index (κ3) is 4.03. The minimum atomic E-state index is -5.07. The van der Waals surface area contributed by atoms with Gasteiger partial charge in [-0.1, -0.05) is 22.0 Å². The van der Waals surface area contributed by atoms with Crippen molar-refractivity contribution in [3.63, 3.8) is 0 Å². The van der Waals surface area contributed by atoms with E-state index < -0.39 is 39.0 Å². The zero-order valence-electron chi connectivity index (χ0n) is 15.1. The van der Waals surface area contributed by atoms with Gasteiger partial charge in [0.1, 0.15) is 16.5 Å². The van der Waals surface area contributed by atoms with Crippen molar-refractivity contribution in [1.82, 2.24) is 0 Å². The number of aryl methyl sites for hydroxylation is 1. The topological polar surface area (TPSA) is 70.0 Å². The van der Waals surface area contributed by atoms with Gasteiger partial charge in [-0.2, -0.15) is 13.2 Å². The van der Waals surface area contributed by atoms with Gasteiger partial charge in [-0.3, -0.25) is 0 Å². The molecule has 0 radical (unpaired) electrons. The molecular weight excluding hydrogens is 480 g/mol. The molecular formula is C18H15BrF4N2O3S. The monoisotopic (exact) mass is 494 g/mol. The summed E-state index contributed by atoms with van der Waals surface area (Å²) in [4.78, 5) is 3.93. The number of anilines is 1. The second-order valence-corrected chi connectivity index (χ2v) is 9.53. The number of benzene rings is 2. The summed E-state index contributed by atoms with van der Waals surface area (Å²) in [5.41, 5.74) is -2.48. The van der Waals surface area contributed by atoms with Gasteiger partial charge in [0.15, 0.2) is 9.84 Å². The standard InChI is InChI=1S/C18H15BrF4N2O3S/c1-10-7-11(3-5-13(10)19)16-24-17(26,18(21,22)23)9-25(16)12-4-6-15(14(20)8-12)29(2,27)28/h3-8,26H,9H2,1-2H3. The number of rotatable bonds is 3. The number of hydrogen-bond acceptors (Lipinski definition) is 5. The number of sulfone groups is 1. The average Bonchev–Trinajstić information content (AvgIpc) is 2.95. The van der Waals surface area contributed by atoms with Crippen molar-refractivity contribution in [1.29, 1.82) is 0 Å². The van der Waals surface area contributed by atoms with E-state index in [1.54, 1.807) is 19.1 Å². The van der Waals surface area contributed by atoms with Crippen LogP contribution in [-0.4, -0.2) is 44.1 Å². The van der Waals surface area contributed by atoms with Crippen LogP contribution in [0.5, 0.6) is 0 Å². The zero-order chi connectivity index (χ0) is 21.8. The normalized spacial score (nSPS) is 20.1. The van der Waals surface area contributed by atoms with Gasteiger partial charge in [0, 0.05) is 22.0 Å². The molecule has 0 spiro atoms. The molecule has 0 saturated heterocycles. The molecule has 11 heteroatoms. The summed E-state index contributed by atoms with van der Waals surface area (Å²) in [6.45, 7) is 0.725. The van der Waals surface area contributed by atoms with E-state index >= 15 is 0 Å². The van der Waals surface area contributed by atoms with Crippen LogP contribution in [0.3, 0.4) is 0 Å². The fraction of sp³-hybridized carbons (Fsp3) is 0.278. The van der Waals surface area contributed by atoms with E-state index in [1.165, 1.54) is 12.1 Å². The van der Waals surface area contributed by atoms with Crippen molar-refractivity contribution >= 4 is 37.3 Å². The summed E-state index contributed by atoms with van der Waals surface area (Å²) >= 11 is 3.30. The molecule has 2 aromatic carbocycles. The molecule has 3 rings (SSSR count). The predicted molar refractivity (Wildman–Crippen MR) is 103 cm³/mol. The van der Waals surface area contributed by atoms with E-state index in [0.29, 0.717) is 5.56 Å². The Morgan fingerprint density at radius 1 is 1.21 bits per heavy atom. The summed E-state index contributed by atoms with van der Waals surface area (Å²) in [5.74, 6) is -1.33. The maximum Gasteiger partial charge on any atom is 0.440 e. The Hall–Kier alpha value is -1.98. The first-order chi connectivity index (χ1) is 13.2. The Labute approximate surface area is 172 Å². The number of halogens is 5. The minimum Gasteiger partial charge on any atom is -0.361 e. The number of amidine groups is 1. The number of nitrogens with zero attached hydrogens (tertiary/aromatic N) is 2. The molecule has 0 fully saturated rings. The number of hydrogen-bond donors (Lipinski definition) is 1. The lowest BCUT2D eigenvalue weighted by atomic mass is 10.1. The number of β-amino-alcohol motifs (C(OH)–C–C–N with tert-alkyl or cyclic N) is 1. The van der Waals surface area contributed by atoms with Gasteiger partial charge < -0.3 is 10.0 Å². The number of aliphatic imine (C=N–C) groups is 1. The highest BCUT2D eigenvalue weighted by atomic mass is 79.9. The summed E-state index contributed by atoms with van der Waals surface area (Å²) < 4.78 is 78.5. The molecule has 1 aliphatic heterocycles. The van der Waals surface area contributed by atoms with Crippen LogP contribution in [0.25, 0.3) is 0 Å². The first-order valence-corrected chi connectivity index (χ1v) is 10.8. The van der Waals surface area contributed by atoms with Gasteiger partial charge in [-0.25, -0.2) is 17.8 Å². The summed E-state index contributed by atoms with van der Waals surface area (Å²) in [6, 6.07) is 7.63. The number of aliphatic hydroxyl groups is 1. The lowest BCUT2D eigenvalue weighted by Gasteiger charge is -2.26. The third-order valence-corrected chi connectivity index (χ3v) is 6.44. The van der Waals surface area contributed by atoms with Crippen LogP contribution in [-0.2, 0) is 9.84 Å². The summed E-state index contributed by atoms with van der Waals surface area (Å²) in [7, 11) is -3.85. The maximum atomic E-state index is 14.3. The van der Waals surface area contributed by atoms with Gasteiger partial charge in [0.2, 0.25) is 0 Å². The van der Waals surface area contributed by atoms with Crippen molar-refractivity contribution < 1.29 is 31.1 Å². The second-order valence-electron chi connectivity index (χ2n) is 6.69. The molecule has 0 bridgehead atoms. The van der Waals surface area contributed by atoms with Gasteiger partial charge in [0.25, 0.3) is 5.72 Å². The van der Waals surface area contributed by atoms with Gasteiger partial charge >= 0.3 is 6.18 Å². The summed E-state index contributed by atoms with van der Waals surface area (Å²) in [5, 5.41) is 10.1. The second kappa shape index (κ2) is 7.06. The Morgan fingerprint density at radius 2 is 1.86 bits per heavy atom. The van der Waals surface area contributed by atoms with Crippen LogP contribution >= 0.6 is 15.9 Å². The molecule has 1 atom stereocenters. The Bertz CT molecular complexity index is 1120. The van der Waals surface area contributed by atoms with Crippen LogP contribution in [0.15, 0.2) is 50.8 Å². The fourth-order valence-corrected chi connectivity index (χ4v) is 3.87. The van der Waals surface area contributed by atoms with Gasteiger partial charge in [0.05, 0.1) is 6.54 Å². The Kier molecular flexibility index (Phi) is 5.29. The van der Waals surface area contributed by atoms with Crippen LogP contribution < -0.4 is 4.90 Å². The van der Waals surface area contributed by atoms with Crippen molar-refractivity contribution in [2.45, 2.75) is 23.7 Å². The molecule has 0 aromatic heterocycles. The molecule has 156 valence electrons. The molecule has 0 amide bonds. The third-order valence-electron chi connectivity index (χ3n) is 4.42. The lowest BCUT2D eigenvalue weighted by Crippen LogP contribution is -2.47. The molecule has 1 unspecified atom stereocenters. The van der Waals surface area contributed by atoms with Crippen molar-refractivity contribution in [2.75, 3.05) is 17.7 Å². The fourth-order valence-electron chi connectivity index (χ4n) is 2.90. The molecule has 1 N–H and O–H groups in total. The molecule has 1 heterocycles. The highest BCUT2D eigenvalue weighted by molar-refractivity contribution is 9.10.